The van der Waals surface area contributed by atoms with Crippen molar-refractivity contribution in [2.45, 2.75) is 0 Å². The monoisotopic (exact) mass is 342 g/mol. The third-order valence-corrected chi connectivity index (χ3v) is 5.15. The Hall–Kier alpha value is -1.95. The maximum atomic E-state index is 13.1. The van der Waals surface area contributed by atoms with Gasteiger partial charge < -0.3 is 20.0 Å². The summed E-state index contributed by atoms with van der Waals surface area (Å²) >= 11 is 0. The number of nitrogens with zero attached hydrogens (tertiary/aromatic N) is 2. The molecule has 25 heavy (non-hydrogen) atoms. The fourth-order valence-electron chi connectivity index (χ4n) is 3.76. The molecule has 2 aromatic rings. The fourth-order valence-corrected chi connectivity index (χ4v) is 3.76. The van der Waals surface area contributed by atoms with Crippen molar-refractivity contribution in [2.24, 2.45) is 11.8 Å². The van der Waals surface area contributed by atoms with Crippen LogP contribution in [0, 0.1) is 11.8 Å². The van der Waals surface area contributed by atoms with E-state index in [-0.39, 0.29) is 31.0 Å². The Balaban J connectivity index is 1.78. The highest BCUT2D eigenvalue weighted by molar-refractivity contribution is 6.07. The third-order valence-electron chi connectivity index (χ3n) is 5.15. The highest BCUT2D eigenvalue weighted by atomic mass is 16.3. The molecule has 5 heteroatoms. The number of likely N-dealkylation sites (tertiary alicyclic amines) is 1. The number of hydrogen-bond donors (Lipinski definition) is 2. The summed E-state index contributed by atoms with van der Waals surface area (Å²) in [6, 6.07) is 13.7. The molecule has 1 heterocycles. The fraction of sp³-hybridized carbons (Fsp3) is 0.450. The molecule has 1 aliphatic rings. The van der Waals surface area contributed by atoms with Crippen molar-refractivity contribution in [3.63, 3.8) is 0 Å². The first-order chi connectivity index (χ1) is 12.1. The molecule has 134 valence electrons. The molecule has 2 N–H and O–H groups in total. The molecule has 5 nitrogen and oxygen atoms in total. The zero-order valence-corrected chi connectivity index (χ0v) is 14.6. The number of likely N-dealkylation sites (N-methyl/N-ethyl adjacent to an activating group) is 1. The summed E-state index contributed by atoms with van der Waals surface area (Å²) in [5.74, 6) is 0.336. The topological polar surface area (TPSA) is 64.0 Å². The maximum absolute atomic E-state index is 13.1. The molecule has 0 aromatic heterocycles. The second-order valence-corrected chi connectivity index (χ2v) is 6.93. The molecule has 1 fully saturated rings. The second kappa shape index (κ2) is 7.95. The molecule has 1 saturated heterocycles. The number of aliphatic hydroxyl groups excluding tert-OH is 2. The Kier molecular flexibility index (Phi) is 5.68. The average molecular weight is 342 g/mol. The lowest BCUT2D eigenvalue weighted by Crippen LogP contribution is -2.33. The van der Waals surface area contributed by atoms with E-state index in [1.807, 2.05) is 54.4 Å². The van der Waals surface area contributed by atoms with Crippen LogP contribution in [0.1, 0.15) is 10.4 Å². The molecule has 1 amide bonds. The Morgan fingerprint density at radius 3 is 2.60 bits per heavy atom. The smallest absolute Gasteiger partial charge is 0.254 e. The molecule has 0 radical (unpaired) electrons. The zero-order chi connectivity index (χ0) is 17.8. The molecule has 0 spiro atoms. The Morgan fingerprint density at radius 1 is 1.12 bits per heavy atom. The molecule has 0 unspecified atom stereocenters. The summed E-state index contributed by atoms with van der Waals surface area (Å²) in [4.78, 5) is 17.0. The van der Waals surface area contributed by atoms with Crippen LogP contribution in [0.25, 0.3) is 10.8 Å². The van der Waals surface area contributed by atoms with Crippen molar-refractivity contribution in [3.8, 4) is 0 Å². The molecule has 0 saturated carbocycles. The first kappa shape index (κ1) is 17.9. The summed E-state index contributed by atoms with van der Waals surface area (Å²) in [5, 5.41) is 20.8. The van der Waals surface area contributed by atoms with Crippen LogP contribution in [0.15, 0.2) is 42.5 Å². The standard InChI is InChI=1S/C20H26N2O3/c1-21(9-10-23)11-16-12-22(13-17(16)14-24)20(25)19-8-4-6-15-5-2-3-7-18(15)19/h2-8,16-17,23-24H,9-14H2,1H3/t16-,17-/m1/s1. The van der Waals surface area contributed by atoms with E-state index in [4.69, 9.17) is 5.11 Å². The number of hydrogen-bond acceptors (Lipinski definition) is 4. The minimum absolute atomic E-state index is 0.0301. The van der Waals surface area contributed by atoms with E-state index in [1.165, 1.54) is 0 Å². The van der Waals surface area contributed by atoms with Gasteiger partial charge in [-0.1, -0.05) is 36.4 Å². The molecule has 2 aromatic carbocycles. The Bertz CT molecular complexity index is 728. The van der Waals surface area contributed by atoms with Crippen LogP contribution in [0.2, 0.25) is 0 Å². The second-order valence-electron chi connectivity index (χ2n) is 6.93. The van der Waals surface area contributed by atoms with E-state index in [0.717, 1.165) is 22.9 Å². The van der Waals surface area contributed by atoms with Crippen molar-refractivity contribution < 1.29 is 15.0 Å². The average Bonchev–Trinajstić information content (AvgIpc) is 3.03. The summed E-state index contributed by atoms with van der Waals surface area (Å²) in [6.07, 6.45) is 0. The lowest BCUT2D eigenvalue weighted by atomic mass is 9.96. The third kappa shape index (κ3) is 3.84. The molecular weight excluding hydrogens is 316 g/mol. The number of carbonyl (C=O) groups excluding carboxylic acids is 1. The SMILES string of the molecule is CN(CCO)C[C@@H]1CN(C(=O)c2cccc3ccccc23)C[C@@H]1CO. The molecule has 3 rings (SSSR count). The predicted molar refractivity (Wildman–Crippen MR) is 98.5 cm³/mol. The number of amides is 1. The predicted octanol–water partition coefficient (Wildman–Crippen LogP) is 1.44. The summed E-state index contributed by atoms with van der Waals surface area (Å²) in [5.41, 5.74) is 0.721. The first-order valence-corrected chi connectivity index (χ1v) is 8.81. The van der Waals surface area contributed by atoms with E-state index < -0.39 is 0 Å². The van der Waals surface area contributed by atoms with Gasteiger partial charge in [0.1, 0.15) is 0 Å². The highest BCUT2D eigenvalue weighted by Crippen LogP contribution is 2.27. The van der Waals surface area contributed by atoms with Gasteiger partial charge in [-0.3, -0.25) is 4.79 Å². The van der Waals surface area contributed by atoms with Gasteiger partial charge in [-0.05, 0) is 29.8 Å². The van der Waals surface area contributed by atoms with Crippen LogP contribution in [0.5, 0.6) is 0 Å². The quantitative estimate of drug-likeness (QED) is 0.834. The summed E-state index contributed by atoms with van der Waals surface area (Å²) < 4.78 is 0. The van der Waals surface area contributed by atoms with Crippen molar-refractivity contribution in [1.29, 1.82) is 0 Å². The summed E-state index contributed by atoms with van der Waals surface area (Å²) in [7, 11) is 1.96. The maximum Gasteiger partial charge on any atom is 0.254 e. The van der Waals surface area contributed by atoms with Gasteiger partial charge in [0.25, 0.3) is 5.91 Å². The van der Waals surface area contributed by atoms with Crippen LogP contribution in [0.4, 0.5) is 0 Å². The normalized spacial score (nSPS) is 20.6. The largest absolute Gasteiger partial charge is 0.396 e. The van der Waals surface area contributed by atoms with Gasteiger partial charge in [-0.2, -0.15) is 0 Å². The molecule has 2 atom stereocenters. The Morgan fingerprint density at radius 2 is 1.84 bits per heavy atom. The van der Waals surface area contributed by atoms with Crippen molar-refractivity contribution >= 4 is 16.7 Å². The molecule has 0 aliphatic carbocycles. The molecular formula is C20H26N2O3. The number of aliphatic hydroxyl groups is 2. The minimum atomic E-state index is 0.0301. The van der Waals surface area contributed by atoms with Crippen molar-refractivity contribution in [3.05, 3.63) is 48.0 Å². The van der Waals surface area contributed by atoms with Gasteiger partial charge in [0, 0.05) is 44.3 Å². The van der Waals surface area contributed by atoms with E-state index in [2.05, 4.69) is 4.90 Å². The van der Waals surface area contributed by atoms with Crippen LogP contribution < -0.4 is 0 Å². The lowest BCUT2D eigenvalue weighted by molar-refractivity contribution is 0.0781. The van der Waals surface area contributed by atoms with Crippen LogP contribution in [-0.2, 0) is 0 Å². The number of rotatable bonds is 6. The van der Waals surface area contributed by atoms with Gasteiger partial charge in [-0.15, -0.1) is 0 Å². The van der Waals surface area contributed by atoms with Crippen LogP contribution >= 0.6 is 0 Å². The Labute approximate surface area is 148 Å². The van der Waals surface area contributed by atoms with Crippen molar-refractivity contribution in [1.82, 2.24) is 9.80 Å². The van der Waals surface area contributed by atoms with Gasteiger partial charge in [0.2, 0.25) is 0 Å². The highest BCUT2D eigenvalue weighted by Gasteiger charge is 2.35. The van der Waals surface area contributed by atoms with Crippen molar-refractivity contribution in [2.75, 3.05) is 46.4 Å². The van der Waals surface area contributed by atoms with E-state index >= 15 is 0 Å². The number of fused-ring (bicyclic) bond motifs is 1. The zero-order valence-electron chi connectivity index (χ0n) is 14.6. The number of benzene rings is 2. The van der Waals surface area contributed by atoms with Crippen LogP contribution in [0.3, 0.4) is 0 Å². The van der Waals surface area contributed by atoms with Gasteiger partial charge in [0.15, 0.2) is 0 Å². The van der Waals surface area contributed by atoms with E-state index in [1.54, 1.807) is 0 Å². The van der Waals surface area contributed by atoms with Gasteiger partial charge >= 0.3 is 0 Å². The van der Waals surface area contributed by atoms with Gasteiger partial charge in [0.05, 0.1) is 6.61 Å². The molecule has 0 bridgehead atoms. The number of carbonyl (C=O) groups is 1. The van der Waals surface area contributed by atoms with Gasteiger partial charge in [-0.25, -0.2) is 0 Å². The summed E-state index contributed by atoms with van der Waals surface area (Å²) in [6.45, 7) is 2.79. The van der Waals surface area contributed by atoms with Crippen LogP contribution in [-0.4, -0.2) is 72.4 Å². The minimum Gasteiger partial charge on any atom is -0.396 e. The first-order valence-electron chi connectivity index (χ1n) is 8.81. The van der Waals surface area contributed by atoms with E-state index in [0.29, 0.717) is 19.6 Å². The molecule has 1 aliphatic heterocycles. The van der Waals surface area contributed by atoms with E-state index in [9.17, 15) is 9.90 Å². The lowest BCUT2D eigenvalue weighted by Gasteiger charge is -2.23.